The van der Waals surface area contributed by atoms with Crippen molar-refractivity contribution in [2.24, 2.45) is 0 Å². The van der Waals surface area contributed by atoms with E-state index in [1.54, 1.807) is 0 Å². The van der Waals surface area contributed by atoms with Crippen LogP contribution in [0.15, 0.2) is 16.3 Å². The van der Waals surface area contributed by atoms with Crippen molar-refractivity contribution in [2.45, 2.75) is 23.5 Å². The molecule has 0 aromatic carbocycles. The van der Waals surface area contributed by atoms with Crippen molar-refractivity contribution in [3.05, 3.63) is 17.0 Å². The van der Waals surface area contributed by atoms with Gasteiger partial charge < -0.3 is 5.11 Å². The summed E-state index contributed by atoms with van der Waals surface area (Å²) in [5.41, 5.74) is 0. The molecule has 1 saturated heterocycles. The molecule has 1 aliphatic heterocycles. The lowest BCUT2D eigenvalue weighted by Gasteiger charge is -2.24. The van der Waals surface area contributed by atoms with E-state index in [1.165, 1.54) is 12.1 Å². The molecule has 100 valence electrons. The highest BCUT2D eigenvalue weighted by Gasteiger charge is 2.28. The standard InChI is InChI=1S/C10H13NO5S2/c12-9(13)7-8-3-4-10(17-8)18(14,15)11-5-1-2-6-16-11/h3-4H,1-2,5-7H2,(H,12,13). The molecule has 1 N–H and O–H groups in total. The summed E-state index contributed by atoms with van der Waals surface area (Å²) in [7, 11) is -3.64. The molecular formula is C10H13NO5S2. The maximum atomic E-state index is 12.2. The van der Waals surface area contributed by atoms with E-state index < -0.39 is 16.0 Å². The molecule has 0 spiro atoms. The van der Waals surface area contributed by atoms with Gasteiger partial charge in [0.15, 0.2) is 0 Å². The van der Waals surface area contributed by atoms with Gasteiger partial charge in [-0.25, -0.2) is 8.42 Å². The fraction of sp³-hybridized carbons (Fsp3) is 0.500. The highest BCUT2D eigenvalue weighted by molar-refractivity contribution is 7.91. The Bertz CT molecular complexity index is 530. The van der Waals surface area contributed by atoms with E-state index in [9.17, 15) is 13.2 Å². The number of carboxylic acids is 1. The van der Waals surface area contributed by atoms with Crippen LogP contribution in [0.4, 0.5) is 0 Å². The van der Waals surface area contributed by atoms with Gasteiger partial charge >= 0.3 is 5.97 Å². The molecule has 0 saturated carbocycles. The molecule has 1 aromatic heterocycles. The average molecular weight is 291 g/mol. The number of sulfonamides is 1. The number of rotatable bonds is 4. The van der Waals surface area contributed by atoms with Crippen LogP contribution < -0.4 is 0 Å². The molecular weight excluding hydrogens is 278 g/mol. The van der Waals surface area contributed by atoms with Gasteiger partial charge in [-0.3, -0.25) is 9.63 Å². The smallest absolute Gasteiger partial charge is 0.308 e. The number of hydrogen-bond acceptors (Lipinski definition) is 5. The van der Waals surface area contributed by atoms with Crippen molar-refractivity contribution in [1.29, 1.82) is 0 Å². The summed E-state index contributed by atoms with van der Waals surface area (Å²) < 4.78 is 25.4. The highest BCUT2D eigenvalue weighted by atomic mass is 32.2. The third-order valence-corrected chi connectivity index (χ3v) is 5.69. The minimum absolute atomic E-state index is 0.126. The Kier molecular flexibility index (Phi) is 4.00. The van der Waals surface area contributed by atoms with Gasteiger partial charge in [-0.2, -0.15) is 0 Å². The number of thiophene rings is 1. The van der Waals surface area contributed by atoms with Crippen molar-refractivity contribution in [3.63, 3.8) is 0 Å². The van der Waals surface area contributed by atoms with E-state index in [0.717, 1.165) is 28.6 Å². The molecule has 1 fully saturated rings. The lowest BCUT2D eigenvalue weighted by molar-refractivity contribution is -0.136. The van der Waals surface area contributed by atoms with Crippen LogP contribution in [0.5, 0.6) is 0 Å². The predicted molar refractivity (Wildman–Crippen MR) is 64.7 cm³/mol. The Morgan fingerprint density at radius 1 is 1.44 bits per heavy atom. The zero-order valence-electron chi connectivity index (χ0n) is 9.53. The molecule has 18 heavy (non-hydrogen) atoms. The predicted octanol–water partition coefficient (Wildman–Crippen LogP) is 1.09. The largest absolute Gasteiger partial charge is 0.481 e. The minimum Gasteiger partial charge on any atom is -0.481 e. The highest BCUT2D eigenvalue weighted by Crippen LogP contribution is 2.26. The molecule has 2 heterocycles. The van der Waals surface area contributed by atoms with E-state index >= 15 is 0 Å². The molecule has 1 aliphatic rings. The van der Waals surface area contributed by atoms with Crippen LogP contribution in [0.2, 0.25) is 0 Å². The molecule has 6 nitrogen and oxygen atoms in total. The monoisotopic (exact) mass is 291 g/mol. The molecule has 0 amide bonds. The van der Waals surface area contributed by atoms with Crippen molar-refractivity contribution in [2.75, 3.05) is 13.2 Å². The van der Waals surface area contributed by atoms with Gasteiger partial charge in [0.25, 0.3) is 10.0 Å². The number of carbonyl (C=O) groups is 1. The van der Waals surface area contributed by atoms with Gasteiger partial charge in [0.2, 0.25) is 0 Å². The maximum Gasteiger partial charge on any atom is 0.308 e. The second-order valence-electron chi connectivity index (χ2n) is 3.86. The second-order valence-corrected chi connectivity index (χ2v) is 7.09. The lowest BCUT2D eigenvalue weighted by atomic mass is 10.3. The van der Waals surface area contributed by atoms with E-state index in [4.69, 9.17) is 9.94 Å². The zero-order valence-corrected chi connectivity index (χ0v) is 11.2. The summed E-state index contributed by atoms with van der Waals surface area (Å²) in [5.74, 6) is -0.977. The first-order valence-electron chi connectivity index (χ1n) is 5.46. The van der Waals surface area contributed by atoms with Crippen LogP contribution >= 0.6 is 11.3 Å². The molecule has 1 aromatic rings. The van der Waals surface area contributed by atoms with Gasteiger partial charge in [0, 0.05) is 11.4 Å². The molecule has 2 rings (SSSR count). The van der Waals surface area contributed by atoms with Crippen molar-refractivity contribution < 1.29 is 23.2 Å². The zero-order chi connectivity index (χ0) is 13.2. The SMILES string of the molecule is O=C(O)Cc1ccc(S(=O)(=O)N2CCCCO2)s1. The maximum absolute atomic E-state index is 12.2. The van der Waals surface area contributed by atoms with Crippen LogP contribution in [0.3, 0.4) is 0 Å². The third-order valence-electron chi connectivity index (χ3n) is 2.46. The van der Waals surface area contributed by atoms with E-state index in [1.807, 2.05) is 0 Å². The van der Waals surface area contributed by atoms with Gasteiger partial charge in [0.05, 0.1) is 13.0 Å². The Balaban J connectivity index is 2.18. The van der Waals surface area contributed by atoms with Crippen LogP contribution in [-0.2, 0) is 26.1 Å². The lowest BCUT2D eigenvalue weighted by Crippen LogP contribution is -2.35. The van der Waals surface area contributed by atoms with Crippen molar-refractivity contribution in [3.8, 4) is 0 Å². The van der Waals surface area contributed by atoms with E-state index in [0.29, 0.717) is 18.0 Å². The van der Waals surface area contributed by atoms with Crippen LogP contribution in [-0.4, -0.2) is 37.1 Å². The number of hydroxylamine groups is 1. The number of aliphatic carboxylic acids is 1. The van der Waals surface area contributed by atoms with Gasteiger partial charge in [0.1, 0.15) is 4.21 Å². The second kappa shape index (κ2) is 5.35. The summed E-state index contributed by atoms with van der Waals surface area (Å²) in [6, 6.07) is 2.95. The first-order chi connectivity index (χ1) is 8.50. The number of carboxylic acid groups (broad SMARTS) is 1. The first kappa shape index (κ1) is 13.5. The van der Waals surface area contributed by atoms with E-state index in [2.05, 4.69) is 0 Å². The molecule has 8 heteroatoms. The summed E-state index contributed by atoms with van der Waals surface area (Å²) >= 11 is 0.971. The topological polar surface area (TPSA) is 83.9 Å². The Morgan fingerprint density at radius 2 is 2.22 bits per heavy atom. The Hall–Kier alpha value is -0.960. The average Bonchev–Trinajstić information content (AvgIpc) is 2.78. The summed E-state index contributed by atoms with van der Waals surface area (Å²) in [4.78, 5) is 16.2. The van der Waals surface area contributed by atoms with Crippen LogP contribution in [0.25, 0.3) is 0 Å². The quantitative estimate of drug-likeness (QED) is 0.897. The Morgan fingerprint density at radius 3 is 2.83 bits per heavy atom. The van der Waals surface area contributed by atoms with Crippen LogP contribution in [0.1, 0.15) is 17.7 Å². The molecule has 0 unspecified atom stereocenters. The molecule has 0 radical (unpaired) electrons. The first-order valence-corrected chi connectivity index (χ1v) is 7.72. The Labute approximate surface area is 109 Å². The summed E-state index contributed by atoms with van der Waals surface area (Å²) in [5, 5.41) is 8.65. The molecule has 0 bridgehead atoms. The van der Waals surface area contributed by atoms with Gasteiger partial charge in [-0.1, -0.05) is 4.47 Å². The normalized spacial score (nSPS) is 17.8. The molecule has 0 aliphatic carbocycles. The minimum atomic E-state index is -3.64. The van der Waals surface area contributed by atoms with Gasteiger partial charge in [-0.05, 0) is 25.0 Å². The number of hydrogen-bond donors (Lipinski definition) is 1. The van der Waals surface area contributed by atoms with Crippen molar-refractivity contribution in [1.82, 2.24) is 4.47 Å². The fourth-order valence-corrected chi connectivity index (χ4v) is 4.35. The summed E-state index contributed by atoms with van der Waals surface area (Å²) in [6.45, 7) is 0.737. The molecule has 0 atom stereocenters. The number of nitrogens with zero attached hydrogens (tertiary/aromatic N) is 1. The van der Waals surface area contributed by atoms with Crippen molar-refractivity contribution >= 4 is 27.3 Å². The van der Waals surface area contributed by atoms with E-state index in [-0.39, 0.29) is 10.6 Å². The fourth-order valence-electron chi connectivity index (χ4n) is 1.60. The third kappa shape index (κ3) is 2.89. The van der Waals surface area contributed by atoms with Gasteiger partial charge in [-0.15, -0.1) is 11.3 Å². The summed E-state index contributed by atoms with van der Waals surface area (Å²) in [6.07, 6.45) is 1.45. The van der Waals surface area contributed by atoms with Crippen LogP contribution in [0, 0.1) is 0 Å².